The molecule has 0 aliphatic rings. The van der Waals surface area contributed by atoms with Crippen molar-refractivity contribution in [3.05, 3.63) is 77.4 Å². The molecule has 0 unspecified atom stereocenters. The molecule has 0 heterocycles. The van der Waals surface area contributed by atoms with E-state index in [-0.39, 0.29) is 6.61 Å². The smallest absolute Gasteiger partial charge is 0.411 e. The zero-order chi connectivity index (χ0) is 24.7. The van der Waals surface area contributed by atoms with Gasteiger partial charge in [-0.05, 0) is 79.1 Å². The summed E-state index contributed by atoms with van der Waals surface area (Å²) in [5, 5.41) is 7.36. The summed E-state index contributed by atoms with van der Waals surface area (Å²) in [6.07, 6.45) is -1.06. The normalized spacial score (nSPS) is 10.9. The molecule has 3 rings (SSSR count). The van der Waals surface area contributed by atoms with Crippen LogP contribution < -0.4 is 10.6 Å². The lowest BCUT2D eigenvalue weighted by atomic mass is 10.0. The topological polar surface area (TPSA) is 103 Å². The van der Waals surface area contributed by atoms with Gasteiger partial charge in [0.15, 0.2) is 0 Å². The van der Waals surface area contributed by atoms with Gasteiger partial charge in [-0.2, -0.15) is 0 Å². The molecule has 0 radical (unpaired) electrons. The maximum absolute atomic E-state index is 12.1. The average molecular weight is 465 g/mol. The number of hydrogen-bond acceptors (Lipinski definition) is 6. The lowest BCUT2D eigenvalue weighted by Crippen LogP contribution is -2.32. The first-order valence-electron chi connectivity index (χ1n) is 10.7. The van der Waals surface area contributed by atoms with Crippen molar-refractivity contribution in [2.45, 2.75) is 39.5 Å². The molecule has 34 heavy (non-hydrogen) atoms. The summed E-state index contributed by atoms with van der Waals surface area (Å²) in [5.74, 6) is -0.447. The minimum atomic E-state index is -0.602. The van der Waals surface area contributed by atoms with Crippen molar-refractivity contribution < 1.29 is 28.6 Å². The number of fused-ring (bicyclic) bond motifs is 1. The van der Waals surface area contributed by atoms with Gasteiger partial charge in [-0.25, -0.2) is 14.4 Å². The van der Waals surface area contributed by atoms with Crippen LogP contribution in [0.3, 0.4) is 0 Å². The van der Waals surface area contributed by atoms with Gasteiger partial charge < -0.3 is 19.5 Å². The monoisotopic (exact) mass is 464 g/mol. The minimum absolute atomic E-state index is 0.101. The Morgan fingerprint density at radius 3 is 2.06 bits per heavy atom. The number of esters is 1. The van der Waals surface area contributed by atoms with Gasteiger partial charge >= 0.3 is 18.2 Å². The molecule has 178 valence electrons. The molecule has 0 atom stereocenters. The lowest BCUT2D eigenvalue weighted by Gasteiger charge is -2.19. The number of ether oxygens (including phenoxy) is 3. The molecular weight excluding hydrogens is 436 g/mol. The maximum Gasteiger partial charge on any atom is 0.411 e. The van der Waals surface area contributed by atoms with Crippen LogP contribution >= 0.6 is 0 Å². The van der Waals surface area contributed by atoms with E-state index in [0.29, 0.717) is 17.8 Å². The number of carbonyl (C=O) groups is 3. The zero-order valence-corrected chi connectivity index (χ0v) is 19.6. The number of nitrogens with one attached hydrogen (secondary N) is 2. The summed E-state index contributed by atoms with van der Waals surface area (Å²) in [4.78, 5) is 35.4. The molecule has 8 heteroatoms. The van der Waals surface area contributed by atoms with E-state index in [0.717, 1.165) is 21.9 Å². The van der Waals surface area contributed by atoms with E-state index in [9.17, 15) is 14.4 Å². The fourth-order valence-corrected chi connectivity index (χ4v) is 3.14. The summed E-state index contributed by atoms with van der Waals surface area (Å²) in [6, 6.07) is 17.9. The Hall–Kier alpha value is -4.07. The van der Waals surface area contributed by atoms with E-state index < -0.39 is 23.8 Å². The minimum Gasteiger partial charge on any atom is -0.465 e. The molecule has 0 aromatic heterocycles. The molecule has 2 N–H and O–H groups in total. The second kappa shape index (κ2) is 10.7. The highest BCUT2D eigenvalue weighted by atomic mass is 16.6. The number of alkyl carbamates (subject to hydrolysis) is 1. The lowest BCUT2D eigenvalue weighted by molar-refractivity contribution is 0.0522. The summed E-state index contributed by atoms with van der Waals surface area (Å²) >= 11 is 0. The fourth-order valence-electron chi connectivity index (χ4n) is 3.14. The Morgan fingerprint density at radius 2 is 1.44 bits per heavy atom. The number of methoxy groups -OCH3 is 1. The Morgan fingerprint density at radius 1 is 0.824 bits per heavy atom. The molecule has 0 saturated heterocycles. The van der Waals surface area contributed by atoms with Crippen LogP contribution in [-0.2, 0) is 27.4 Å². The fraction of sp³-hybridized carbons (Fsp3) is 0.269. The van der Waals surface area contributed by atoms with Crippen molar-refractivity contribution in [3.63, 3.8) is 0 Å². The van der Waals surface area contributed by atoms with Gasteiger partial charge in [0.2, 0.25) is 0 Å². The highest BCUT2D eigenvalue weighted by Crippen LogP contribution is 2.19. The number of rotatable bonds is 6. The molecule has 3 aromatic rings. The summed E-state index contributed by atoms with van der Waals surface area (Å²) in [5.41, 5.74) is 2.13. The van der Waals surface area contributed by atoms with E-state index in [4.69, 9.17) is 9.47 Å². The van der Waals surface area contributed by atoms with Crippen LogP contribution in [0.4, 0.5) is 15.3 Å². The van der Waals surface area contributed by atoms with Gasteiger partial charge in [0.1, 0.15) is 12.2 Å². The van der Waals surface area contributed by atoms with Crippen molar-refractivity contribution in [1.82, 2.24) is 5.32 Å². The standard InChI is InChI=1S/C26H28N2O6/c1-26(2,3)34-24(30)27-15-17-5-7-21-14-18(6-8-20(21)13-17)16-33-25(31)28-22-11-9-19(10-12-22)23(29)32-4/h5-14H,15-16H2,1-4H3,(H,27,30)(H,28,31). The molecule has 0 fully saturated rings. The van der Waals surface area contributed by atoms with Crippen LogP contribution in [-0.4, -0.2) is 30.9 Å². The second-order valence-corrected chi connectivity index (χ2v) is 8.64. The Labute approximate surface area is 198 Å². The first-order chi connectivity index (χ1) is 16.1. The summed E-state index contributed by atoms with van der Waals surface area (Å²) < 4.78 is 15.2. The third kappa shape index (κ3) is 7.23. The number of benzene rings is 3. The second-order valence-electron chi connectivity index (χ2n) is 8.64. The van der Waals surface area contributed by atoms with E-state index in [1.807, 2.05) is 57.2 Å². The molecule has 0 saturated carbocycles. The molecule has 8 nitrogen and oxygen atoms in total. The highest BCUT2D eigenvalue weighted by Gasteiger charge is 2.15. The Bertz CT molecular complexity index is 1180. The Balaban J connectivity index is 1.53. The van der Waals surface area contributed by atoms with Crippen molar-refractivity contribution in [2.75, 3.05) is 12.4 Å². The predicted molar refractivity (Wildman–Crippen MR) is 129 cm³/mol. The van der Waals surface area contributed by atoms with Gasteiger partial charge in [0.05, 0.1) is 12.7 Å². The third-order valence-electron chi connectivity index (χ3n) is 4.73. The van der Waals surface area contributed by atoms with Crippen LogP contribution in [0.15, 0.2) is 60.7 Å². The van der Waals surface area contributed by atoms with Crippen LogP contribution in [0.2, 0.25) is 0 Å². The summed E-state index contributed by atoms with van der Waals surface area (Å²) in [7, 11) is 1.31. The first kappa shape index (κ1) is 24.6. The van der Waals surface area contributed by atoms with Crippen LogP contribution in [0.1, 0.15) is 42.3 Å². The number of anilines is 1. The third-order valence-corrected chi connectivity index (χ3v) is 4.73. The number of hydrogen-bond donors (Lipinski definition) is 2. The number of amides is 2. The molecule has 0 aliphatic heterocycles. The van der Waals surface area contributed by atoms with Crippen molar-refractivity contribution >= 4 is 34.6 Å². The highest BCUT2D eigenvalue weighted by molar-refractivity contribution is 5.91. The van der Waals surface area contributed by atoms with Gasteiger partial charge in [0, 0.05) is 12.2 Å². The van der Waals surface area contributed by atoms with Gasteiger partial charge in [-0.3, -0.25) is 5.32 Å². The molecular formula is C26H28N2O6. The molecule has 0 aliphatic carbocycles. The van der Waals surface area contributed by atoms with Crippen molar-refractivity contribution in [3.8, 4) is 0 Å². The van der Waals surface area contributed by atoms with Gasteiger partial charge in [0.25, 0.3) is 0 Å². The summed E-state index contributed by atoms with van der Waals surface area (Å²) in [6.45, 7) is 5.91. The average Bonchev–Trinajstić information content (AvgIpc) is 2.80. The van der Waals surface area contributed by atoms with Gasteiger partial charge in [-0.1, -0.05) is 24.3 Å². The number of carbonyl (C=O) groups excluding carboxylic acids is 3. The van der Waals surface area contributed by atoms with E-state index >= 15 is 0 Å². The Kier molecular flexibility index (Phi) is 7.73. The molecule has 0 bridgehead atoms. The maximum atomic E-state index is 12.1. The van der Waals surface area contributed by atoms with Crippen LogP contribution in [0.5, 0.6) is 0 Å². The molecule has 3 aromatic carbocycles. The van der Waals surface area contributed by atoms with Crippen LogP contribution in [0, 0.1) is 0 Å². The van der Waals surface area contributed by atoms with E-state index in [2.05, 4.69) is 15.4 Å². The van der Waals surface area contributed by atoms with Gasteiger partial charge in [-0.15, -0.1) is 0 Å². The van der Waals surface area contributed by atoms with E-state index in [1.54, 1.807) is 24.3 Å². The largest absolute Gasteiger partial charge is 0.465 e. The molecule has 0 spiro atoms. The van der Waals surface area contributed by atoms with Crippen molar-refractivity contribution in [2.24, 2.45) is 0 Å². The molecule has 2 amide bonds. The zero-order valence-electron chi connectivity index (χ0n) is 19.6. The predicted octanol–water partition coefficient (Wildman–Crippen LogP) is 5.40. The first-order valence-corrected chi connectivity index (χ1v) is 10.7. The quantitative estimate of drug-likeness (QED) is 0.374. The van der Waals surface area contributed by atoms with Crippen LogP contribution in [0.25, 0.3) is 10.8 Å². The SMILES string of the molecule is COC(=O)c1ccc(NC(=O)OCc2ccc3cc(CNC(=O)OC(C)(C)C)ccc3c2)cc1. The van der Waals surface area contributed by atoms with Crippen molar-refractivity contribution in [1.29, 1.82) is 0 Å². The van der Waals surface area contributed by atoms with E-state index in [1.165, 1.54) is 7.11 Å².